The summed E-state index contributed by atoms with van der Waals surface area (Å²) in [7, 11) is -1.58. The summed E-state index contributed by atoms with van der Waals surface area (Å²) in [6, 6.07) is -3.58. The Kier molecular flexibility index (Phi) is 12.2. The van der Waals surface area contributed by atoms with Crippen molar-refractivity contribution in [2.24, 2.45) is 22.7 Å². The van der Waals surface area contributed by atoms with Gasteiger partial charge in [-0.25, -0.2) is 13.2 Å². The largest absolute Gasteiger partial charge is 0.346 e. The molecule has 4 fully saturated rings. The lowest BCUT2D eigenvalue weighted by atomic mass is 9.78. The van der Waals surface area contributed by atoms with Crippen LogP contribution in [0.4, 0.5) is 4.79 Å². The molecule has 4 aliphatic rings. The van der Waals surface area contributed by atoms with Crippen LogP contribution in [0.2, 0.25) is 0 Å². The van der Waals surface area contributed by atoms with E-state index in [0.717, 1.165) is 25.7 Å². The molecule has 50 heavy (non-hydrogen) atoms. The van der Waals surface area contributed by atoms with Crippen LogP contribution in [0.1, 0.15) is 92.9 Å². The number of fused-ring (bicyclic) bond motifs is 1. The molecule has 0 aromatic rings. The fraction of sp³-hybridized carbons (Fsp3) is 0.806. The van der Waals surface area contributed by atoms with Crippen LogP contribution in [-0.2, 0) is 29.0 Å². The molecular weight excluding hydrogens is 660 g/mol. The standard InChI is InChI=1S/C36H60N6O7S/c1-9-11-15-24(28(43)31(45)37-18-10-2)38-30(44)27-26-23(35(26,6)7)21-42(27)32(46)29(34(3,4)5)39-33(47)40-36(16-13-12-14-17-36)25-22-41(8)19-20-50(25,48)49/h10,23-27,29H,2,9,11-22H2,1,3-8H3,(H,37,45)(H,38,44)(H2,39,40,47)/t23-,24-,25+,26-,27-,29+/m0/s1. The van der Waals surface area contributed by atoms with Gasteiger partial charge in [-0.3, -0.25) is 19.2 Å². The lowest BCUT2D eigenvalue weighted by Crippen LogP contribution is -2.68. The maximum absolute atomic E-state index is 14.5. The van der Waals surface area contributed by atoms with Crippen molar-refractivity contribution in [1.82, 2.24) is 31.1 Å². The summed E-state index contributed by atoms with van der Waals surface area (Å²) in [5.41, 5.74) is -1.93. The van der Waals surface area contributed by atoms with Crippen molar-refractivity contribution in [3.63, 3.8) is 0 Å². The van der Waals surface area contributed by atoms with Gasteiger partial charge < -0.3 is 31.1 Å². The molecule has 2 heterocycles. The fourth-order valence-electron chi connectivity index (χ4n) is 8.51. The first-order valence-electron chi connectivity index (χ1n) is 18.3. The van der Waals surface area contributed by atoms with Crippen LogP contribution in [0.5, 0.6) is 0 Å². The molecule has 2 aliphatic heterocycles. The lowest BCUT2D eigenvalue weighted by Gasteiger charge is -2.47. The van der Waals surface area contributed by atoms with E-state index in [2.05, 4.69) is 41.7 Å². The first kappa shape index (κ1) is 39.8. The number of hydrogen-bond donors (Lipinski definition) is 4. The number of nitrogens with zero attached hydrogens (tertiary/aromatic N) is 2. The number of hydrogen-bond acceptors (Lipinski definition) is 8. The Morgan fingerprint density at radius 2 is 1.68 bits per heavy atom. The van der Waals surface area contributed by atoms with Crippen molar-refractivity contribution in [2.45, 2.75) is 122 Å². The average Bonchev–Trinajstić information content (AvgIpc) is 3.35. The van der Waals surface area contributed by atoms with Gasteiger partial charge in [0.2, 0.25) is 17.6 Å². The SMILES string of the molecule is C=CCNC(=O)C(=O)[C@H](CCCC)NC(=O)[C@@H]1[C@@H]2[C@H](CN1C(=O)[C@@H](NC(=O)NC1([C@H]3CN(C)CCS3(=O)=O)CCCCC1)C(C)(C)C)C2(C)C. The van der Waals surface area contributed by atoms with Crippen LogP contribution >= 0.6 is 0 Å². The van der Waals surface area contributed by atoms with E-state index < -0.39 is 73.7 Å². The summed E-state index contributed by atoms with van der Waals surface area (Å²) >= 11 is 0. The Balaban J connectivity index is 1.57. The molecule has 282 valence electrons. The normalized spacial score (nSPS) is 27.9. The summed E-state index contributed by atoms with van der Waals surface area (Å²) < 4.78 is 26.8. The first-order chi connectivity index (χ1) is 23.3. The van der Waals surface area contributed by atoms with Crippen molar-refractivity contribution in [3.8, 4) is 0 Å². The van der Waals surface area contributed by atoms with Gasteiger partial charge in [0.1, 0.15) is 12.1 Å². The summed E-state index contributed by atoms with van der Waals surface area (Å²) in [4.78, 5) is 71.7. The number of sulfone groups is 1. The summed E-state index contributed by atoms with van der Waals surface area (Å²) in [6.07, 6.45) is 6.71. The molecule has 2 aliphatic carbocycles. The van der Waals surface area contributed by atoms with Gasteiger partial charge in [0, 0.05) is 26.2 Å². The molecule has 13 nitrogen and oxygen atoms in total. The van der Waals surface area contributed by atoms with Gasteiger partial charge >= 0.3 is 6.03 Å². The minimum Gasteiger partial charge on any atom is -0.346 e. The van der Waals surface area contributed by atoms with Gasteiger partial charge in [0.15, 0.2) is 9.84 Å². The van der Waals surface area contributed by atoms with Gasteiger partial charge in [0.25, 0.3) is 5.91 Å². The molecule has 4 N–H and O–H groups in total. The van der Waals surface area contributed by atoms with Crippen LogP contribution in [-0.4, -0.2) is 116 Å². The monoisotopic (exact) mass is 720 g/mol. The minimum atomic E-state index is -3.47. The van der Waals surface area contributed by atoms with E-state index >= 15 is 0 Å². The van der Waals surface area contributed by atoms with Crippen molar-refractivity contribution < 1.29 is 32.4 Å². The second-order valence-electron chi connectivity index (χ2n) is 16.7. The molecule has 6 atom stereocenters. The number of unbranched alkanes of at least 4 members (excludes halogenated alkanes) is 1. The molecular formula is C36H60N6O7S. The molecule has 0 radical (unpaired) electrons. The molecule has 0 aromatic heterocycles. The maximum Gasteiger partial charge on any atom is 0.315 e. The van der Waals surface area contributed by atoms with Crippen LogP contribution < -0.4 is 21.3 Å². The molecule has 0 aromatic carbocycles. The molecule has 4 rings (SSSR count). The molecule has 14 heteroatoms. The second-order valence-corrected chi connectivity index (χ2v) is 19.0. The van der Waals surface area contributed by atoms with Crippen molar-refractivity contribution in [1.29, 1.82) is 0 Å². The summed E-state index contributed by atoms with van der Waals surface area (Å²) in [5.74, 6) is -2.53. The van der Waals surface area contributed by atoms with Crippen LogP contribution in [0.25, 0.3) is 0 Å². The van der Waals surface area contributed by atoms with Gasteiger partial charge in [0.05, 0.1) is 22.6 Å². The quantitative estimate of drug-likeness (QED) is 0.166. The zero-order valence-electron chi connectivity index (χ0n) is 31.1. The number of carbonyl (C=O) groups is 5. The van der Waals surface area contributed by atoms with E-state index in [1.165, 1.54) is 11.0 Å². The highest BCUT2D eigenvalue weighted by Crippen LogP contribution is 2.65. The fourth-order valence-corrected chi connectivity index (χ4v) is 10.8. The third-order valence-electron chi connectivity index (χ3n) is 11.7. The predicted molar refractivity (Wildman–Crippen MR) is 192 cm³/mol. The molecule has 0 spiro atoms. The number of amides is 5. The Morgan fingerprint density at radius 3 is 2.28 bits per heavy atom. The highest BCUT2D eigenvalue weighted by molar-refractivity contribution is 7.92. The van der Waals surface area contributed by atoms with E-state index in [1.54, 1.807) is 0 Å². The average molecular weight is 721 g/mol. The zero-order valence-corrected chi connectivity index (χ0v) is 31.9. The Labute approximate surface area is 298 Å². The summed E-state index contributed by atoms with van der Waals surface area (Å²) in [6.45, 7) is 16.3. The van der Waals surface area contributed by atoms with E-state index in [4.69, 9.17) is 0 Å². The number of carbonyl (C=O) groups excluding carboxylic acids is 5. The lowest BCUT2D eigenvalue weighted by molar-refractivity contribution is -0.145. The number of likely N-dealkylation sites (tertiary alicyclic amines) is 1. The molecule has 2 saturated heterocycles. The molecule has 2 saturated carbocycles. The number of piperidine rings is 1. The van der Waals surface area contributed by atoms with Crippen LogP contribution in [0, 0.1) is 22.7 Å². The van der Waals surface area contributed by atoms with Crippen molar-refractivity contribution in [2.75, 3.05) is 39.0 Å². The first-order valence-corrected chi connectivity index (χ1v) is 20.0. The number of Topliss-reactive ketones (excluding diaryl/α,β-unsaturated/α-hetero) is 1. The van der Waals surface area contributed by atoms with Crippen LogP contribution in [0.15, 0.2) is 12.7 Å². The van der Waals surface area contributed by atoms with E-state index in [-0.39, 0.29) is 36.0 Å². The number of nitrogens with one attached hydrogen (secondary N) is 4. The number of rotatable bonds is 13. The third-order valence-corrected chi connectivity index (χ3v) is 13.9. The topological polar surface area (TPSA) is 174 Å². The van der Waals surface area contributed by atoms with Gasteiger partial charge in [-0.2, -0.15) is 0 Å². The highest BCUT2D eigenvalue weighted by Gasteiger charge is 2.70. The molecule has 0 unspecified atom stereocenters. The predicted octanol–water partition coefficient (Wildman–Crippen LogP) is 2.16. The minimum absolute atomic E-state index is 0.0316. The third kappa shape index (κ3) is 8.37. The Bertz CT molecular complexity index is 1430. The number of urea groups is 1. The maximum atomic E-state index is 14.5. The van der Waals surface area contributed by atoms with E-state index in [1.807, 2.05) is 39.6 Å². The summed E-state index contributed by atoms with van der Waals surface area (Å²) in [5, 5.41) is 10.6. The number of ketones is 1. The molecule has 0 bridgehead atoms. The Morgan fingerprint density at radius 1 is 1.02 bits per heavy atom. The van der Waals surface area contributed by atoms with E-state index in [9.17, 15) is 32.4 Å². The van der Waals surface area contributed by atoms with Crippen molar-refractivity contribution in [3.05, 3.63) is 12.7 Å². The van der Waals surface area contributed by atoms with Gasteiger partial charge in [-0.15, -0.1) is 6.58 Å². The highest BCUT2D eigenvalue weighted by atomic mass is 32.2. The van der Waals surface area contributed by atoms with Gasteiger partial charge in [-0.05, 0) is 49.0 Å². The van der Waals surface area contributed by atoms with Gasteiger partial charge in [-0.1, -0.05) is 79.7 Å². The van der Waals surface area contributed by atoms with Crippen molar-refractivity contribution >= 4 is 39.4 Å². The van der Waals surface area contributed by atoms with E-state index in [0.29, 0.717) is 38.9 Å². The molecule has 5 amide bonds. The second kappa shape index (κ2) is 15.3. The smallest absolute Gasteiger partial charge is 0.315 e. The van der Waals surface area contributed by atoms with Crippen LogP contribution in [0.3, 0.4) is 0 Å². The zero-order chi connectivity index (χ0) is 37.2. The Hall–Kier alpha value is -3.00.